The number of nitrogens with zero attached hydrogens (tertiary/aromatic N) is 3. The van der Waals surface area contributed by atoms with Crippen molar-refractivity contribution in [2.75, 3.05) is 0 Å². The third kappa shape index (κ3) is 1.85. The molecule has 0 aliphatic rings. The standard InChI is InChI=1S/C13H8ClN3/c14-13-12-10(2-1-5-16-12)8-11(17-13)9-3-6-15-7-4-9/h1-8H. The molecule has 3 aromatic rings. The van der Waals surface area contributed by atoms with Crippen molar-refractivity contribution in [3.8, 4) is 11.3 Å². The van der Waals surface area contributed by atoms with E-state index < -0.39 is 0 Å². The van der Waals surface area contributed by atoms with Crippen LogP contribution in [0.3, 0.4) is 0 Å². The first-order valence-electron chi connectivity index (χ1n) is 5.16. The molecule has 0 saturated heterocycles. The molecule has 0 aromatic carbocycles. The third-order valence-electron chi connectivity index (χ3n) is 2.52. The number of fused-ring (bicyclic) bond motifs is 1. The Hall–Kier alpha value is -2.00. The van der Waals surface area contributed by atoms with Crippen molar-refractivity contribution in [2.24, 2.45) is 0 Å². The highest BCUT2D eigenvalue weighted by Gasteiger charge is 2.06. The predicted molar refractivity (Wildman–Crippen MR) is 67.8 cm³/mol. The molecule has 3 heterocycles. The molecule has 0 fully saturated rings. The highest BCUT2D eigenvalue weighted by molar-refractivity contribution is 6.33. The molecule has 3 nitrogen and oxygen atoms in total. The molecule has 3 rings (SSSR count). The molecule has 0 bridgehead atoms. The number of rotatable bonds is 1. The Morgan fingerprint density at radius 1 is 1.00 bits per heavy atom. The van der Waals surface area contributed by atoms with Gasteiger partial charge in [0.05, 0.1) is 5.69 Å². The zero-order valence-corrected chi connectivity index (χ0v) is 9.59. The molecule has 0 unspecified atom stereocenters. The first-order chi connectivity index (χ1) is 8.34. The van der Waals surface area contributed by atoms with Crippen LogP contribution in [0.15, 0.2) is 48.9 Å². The fourth-order valence-corrected chi connectivity index (χ4v) is 1.96. The summed E-state index contributed by atoms with van der Waals surface area (Å²) >= 11 is 6.12. The third-order valence-corrected chi connectivity index (χ3v) is 2.78. The van der Waals surface area contributed by atoms with E-state index >= 15 is 0 Å². The van der Waals surface area contributed by atoms with E-state index in [0.29, 0.717) is 5.15 Å². The SMILES string of the molecule is Clc1nc(-c2ccncc2)cc2cccnc12. The molecule has 0 amide bonds. The smallest absolute Gasteiger partial charge is 0.155 e. The molecule has 3 aromatic heterocycles. The summed E-state index contributed by atoms with van der Waals surface area (Å²) in [5, 5.41) is 1.41. The summed E-state index contributed by atoms with van der Waals surface area (Å²) in [4.78, 5) is 12.5. The van der Waals surface area contributed by atoms with Gasteiger partial charge in [-0.15, -0.1) is 0 Å². The molecular formula is C13H8ClN3. The maximum absolute atomic E-state index is 6.12. The van der Waals surface area contributed by atoms with Gasteiger partial charge in [-0.2, -0.15) is 0 Å². The van der Waals surface area contributed by atoms with Crippen LogP contribution in [0.25, 0.3) is 22.2 Å². The summed E-state index contributed by atoms with van der Waals surface area (Å²) in [5.74, 6) is 0. The molecule has 0 aliphatic carbocycles. The Bertz CT molecular complexity index is 668. The number of hydrogen-bond donors (Lipinski definition) is 0. The molecule has 0 radical (unpaired) electrons. The summed E-state index contributed by atoms with van der Waals surface area (Å²) in [7, 11) is 0. The van der Waals surface area contributed by atoms with Crippen molar-refractivity contribution in [1.82, 2.24) is 15.0 Å². The summed E-state index contributed by atoms with van der Waals surface area (Å²) in [5.41, 5.74) is 2.55. The molecular weight excluding hydrogens is 234 g/mol. The Kier molecular flexibility index (Phi) is 2.46. The van der Waals surface area contributed by atoms with Crippen molar-refractivity contribution < 1.29 is 0 Å². The lowest BCUT2D eigenvalue weighted by Gasteiger charge is -2.04. The molecule has 0 saturated carbocycles. The van der Waals surface area contributed by atoms with Crippen LogP contribution in [0.1, 0.15) is 0 Å². The van der Waals surface area contributed by atoms with E-state index in [2.05, 4.69) is 15.0 Å². The fourth-order valence-electron chi connectivity index (χ4n) is 1.72. The number of hydrogen-bond acceptors (Lipinski definition) is 3. The van der Waals surface area contributed by atoms with Crippen molar-refractivity contribution in [1.29, 1.82) is 0 Å². The second-order valence-corrected chi connectivity index (χ2v) is 3.97. The second kappa shape index (κ2) is 4.11. The summed E-state index contributed by atoms with van der Waals surface area (Å²) in [6.07, 6.45) is 5.18. The zero-order valence-electron chi connectivity index (χ0n) is 8.84. The van der Waals surface area contributed by atoms with Crippen LogP contribution in [-0.4, -0.2) is 15.0 Å². The quantitative estimate of drug-likeness (QED) is 0.614. The minimum absolute atomic E-state index is 0.426. The van der Waals surface area contributed by atoms with E-state index in [1.165, 1.54) is 0 Å². The van der Waals surface area contributed by atoms with Gasteiger partial charge in [-0.05, 0) is 24.3 Å². The number of pyridine rings is 3. The van der Waals surface area contributed by atoms with Gasteiger partial charge in [0.1, 0.15) is 5.52 Å². The normalized spacial score (nSPS) is 10.6. The Morgan fingerprint density at radius 3 is 2.65 bits per heavy atom. The van der Waals surface area contributed by atoms with Gasteiger partial charge in [0.25, 0.3) is 0 Å². The van der Waals surface area contributed by atoms with Gasteiger partial charge >= 0.3 is 0 Å². The van der Waals surface area contributed by atoms with Crippen LogP contribution >= 0.6 is 11.6 Å². The monoisotopic (exact) mass is 241 g/mol. The Labute approximate surface area is 103 Å². The van der Waals surface area contributed by atoms with Gasteiger partial charge in [-0.25, -0.2) is 4.98 Å². The maximum atomic E-state index is 6.12. The number of halogens is 1. The molecule has 0 aliphatic heterocycles. The van der Waals surface area contributed by atoms with Crippen molar-refractivity contribution in [3.05, 3.63) is 54.1 Å². The number of aromatic nitrogens is 3. The van der Waals surface area contributed by atoms with Crippen LogP contribution in [-0.2, 0) is 0 Å². The molecule has 82 valence electrons. The summed E-state index contributed by atoms with van der Waals surface area (Å²) in [6.45, 7) is 0. The van der Waals surface area contributed by atoms with E-state index in [9.17, 15) is 0 Å². The van der Waals surface area contributed by atoms with E-state index in [0.717, 1.165) is 22.2 Å². The van der Waals surface area contributed by atoms with E-state index in [4.69, 9.17) is 11.6 Å². The molecule has 0 spiro atoms. The van der Waals surface area contributed by atoms with Crippen LogP contribution in [0.2, 0.25) is 5.15 Å². The summed E-state index contributed by atoms with van der Waals surface area (Å²) in [6, 6.07) is 9.64. The van der Waals surface area contributed by atoms with Crippen molar-refractivity contribution in [2.45, 2.75) is 0 Å². The van der Waals surface area contributed by atoms with Crippen LogP contribution in [0, 0.1) is 0 Å². The fraction of sp³-hybridized carbons (Fsp3) is 0. The lowest BCUT2D eigenvalue weighted by Crippen LogP contribution is -1.88. The first kappa shape index (κ1) is 10.2. The topological polar surface area (TPSA) is 38.7 Å². The van der Waals surface area contributed by atoms with Gasteiger partial charge in [0.2, 0.25) is 0 Å². The second-order valence-electron chi connectivity index (χ2n) is 3.61. The molecule has 0 atom stereocenters. The highest BCUT2D eigenvalue weighted by atomic mass is 35.5. The van der Waals surface area contributed by atoms with Crippen molar-refractivity contribution in [3.63, 3.8) is 0 Å². The Morgan fingerprint density at radius 2 is 1.82 bits per heavy atom. The average Bonchev–Trinajstić information content (AvgIpc) is 2.40. The Balaban J connectivity index is 2.26. The van der Waals surface area contributed by atoms with Gasteiger partial charge < -0.3 is 0 Å². The largest absolute Gasteiger partial charge is 0.265 e. The molecule has 0 N–H and O–H groups in total. The average molecular weight is 242 g/mol. The highest BCUT2D eigenvalue weighted by Crippen LogP contribution is 2.25. The van der Waals surface area contributed by atoms with Gasteiger partial charge in [0.15, 0.2) is 5.15 Å². The van der Waals surface area contributed by atoms with E-state index in [-0.39, 0.29) is 0 Å². The van der Waals surface area contributed by atoms with E-state index in [1.807, 2.05) is 30.3 Å². The molecule has 17 heavy (non-hydrogen) atoms. The zero-order chi connectivity index (χ0) is 11.7. The first-order valence-corrected chi connectivity index (χ1v) is 5.54. The minimum atomic E-state index is 0.426. The minimum Gasteiger partial charge on any atom is -0.265 e. The van der Waals surface area contributed by atoms with Gasteiger partial charge in [-0.3, -0.25) is 9.97 Å². The van der Waals surface area contributed by atoms with Gasteiger partial charge in [-0.1, -0.05) is 17.7 Å². The lowest BCUT2D eigenvalue weighted by atomic mass is 10.1. The maximum Gasteiger partial charge on any atom is 0.155 e. The van der Waals surface area contributed by atoms with Crippen LogP contribution in [0.5, 0.6) is 0 Å². The molecule has 4 heteroatoms. The van der Waals surface area contributed by atoms with E-state index in [1.54, 1.807) is 18.6 Å². The summed E-state index contributed by atoms with van der Waals surface area (Å²) < 4.78 is 0. The van der Waals surface area contributed by atoms with Crippen LogP contribution in [0.4, 0.5) is 0 Å². The van der Waals surface area contributed by atoms with Crippen molar-refractivity contribution >= 4 is 22.5 Å². The predicted octanol–water partition coefficient (Wildman–Crippen LogP) is 3.35. The lowest BCUT2D eigenvalue weighted by molar-refractivity contribution is 1.28. The van der Waals surface area contributed by atoms with Crippen LogP contribution < -0.4 is 0 Å². The van der Waals surface area contributed by atoms with Gasteiger partial charge in [0, 0.05) is 29.5 Å².